The molecular formula is C11H10N2O3S. The van der Waals surface area contributed by atoms with E-state index in [9.17, 15) is 4.79 Å². The molecular weight excluding hydrogens is 240 g/mol. The standard InChI is InChI=1S/C11H10N2O3S/c1-15-8-4-2-3-5-9(8)16-11(14)7-6-10(12)17-13-7/h2-6H,12H2,1H3. The van der Waals surface area contributed by atoms with Crippen LogP contribution in [-0.4, -0.2) is 17.5 Å². The summed E-state index contributed by atoms with van der Waals surface area (Å²) in [7, 11) is 1.51. The number of hydrogen-bond donors (Lipinski definition) is 1. The number of carbonyl (C=O) groups excluding carboxylic acids is 1. The fraction of sp³-hybridized carbons (Fsp3) is 0.0909. The third kappa shape index (κ3) is 2.54. The Bertz CT molecular complexity index is 539. The van der Waals surface area contributed by atoms with Gasteiger partial charge >= 0.3 is 5.97 Å². The van der Waals surface area contributed by atoms with Crippen molar-refractivity contribution in [3.05, 3.63) is 36.0 Å². The van der Waals surface area contributed by atoms with Crippen LogP contribution in [-0.2, 0) is 0 Å². The van der Waals surface area contributed by atoms with Gasteiger partial charge in [0.15, 0.2) is 17.2 Å². The van der Waals surface area contributed by atoms with Gasteiger partial charge in [0, 0.05) is 6.07 Å². The molecule has 0 aliphatic heterocycles. The molecule has 1 aromatic heterocycles. The molecule has 2 rings (SSSR count). The molecule has 0 amide bonds. The summed E-state index contributed by atoms with van der Waals surface area (Å²) in [6.45, 7) is 0. The van der Waals surface area contributed by atoms with Crippen LogP contribution in [0.5, 0.6) is 11.5 Å². The summed E-state index contributed by atoms with van der Waals surface area (Å²) in [4.78, 5) is 11.7. The topological polar surface area (TPSA) is 74.4 Å². The third-order valence-corrected chi connectivity index (χ3v) is 2.63. The van der Waals surface area contributed by atoms with E-state index in [0.717, 1.165) is 11.5 Å². The van der Waals surface area contributed by atoms with E-state index >= 15 is 0 Å². The Balaban J connectivity index is 2.18. The summed E-state index contributed by atoms with van der Waals surface area (Å²) < 4.78 is 14.1. The number of anilines is 1. The minimum atomic E-state index is -0.553. The minimum Gasteiger partial charge on any atom is -0.493 e. The summed E-state index contributed by atoms with van der Waals surface area (Å²) in [6.07, 6.45) is 0. The first-order valence-corrected chi connectivity index (χ1v) is 5.55. The number of para-hydroxylation sites is 2. The van der Waals surface area contributed by atoms with Gasteiger partial charge in [-0.1, -0.05) is 12.1 Å². The van der Waals surface area contributed by atoms with Gasteiger partial charge in [0.1, 0.15) is 5.00 Å². The highest BCUT2D eigenvalue weighted by atomic mass is 32.1. The summed E-state index contributed by atoms with van der Waals surface area (Å²) in [5.74, 6) is 0.290. The molecule has 6 heteroatoms. The maximum absolute atomic E-state index is 11.7. The van der Waals surface area contributed by atoms with Crippen molar-refractivity contribution in [3.8, 4) is 11.5 Å². The summed E-state index contributed by atoms with van der Waals surface area (Å²) in [5.41, 5.74) is 5.68. The zero-order valence-corrected chi connectivity index (χ0v) is 9.86. The van der Waals surface area contributed by atoms with Gasteiger partial charge in [-0.3, -0.25) is 0 Å². The van der Waals surface area contributed by atoms with Gasteiger partial charge in [-0.15, -0.1) is 0 Å². The highest BCUT2D eigenvalue weighted by Gasteiger charge is 2.14. The number of nitrogens with zero attached hydrogens (tertiary/aromatic N) is 1. The van der Waals surface area contributed by atoms with Gasteiger partial charge in [0.2, 0.25) is 0 Å². The molecule has 0 radical (unpaired) electrons. The second-order valence-corrected chi connectivity index (χ2v) is 3.99. The molecule has 5 nitrogen and oxygen atoms in total. The van der Waals surface area contributed by atoms with Gasteiger partial charge < -0.3 is 15.2 Å². The Hall–Kier alpha value is -2.08. The molecule has 1 aromatic carbocycles. The van der Waals surface area contributed by atoms with Crippen LogP contribution < -0.4 is 15.2 Å². The maximum atomic E-state index is 11.7. The van der Waals surface area contributed by atoms with Crippen LogP contribution in [0.3, 0.4) is 0 Å². The molecule has 0 unspecified atom stereocenters. The van der Waals surface area contributed by atoms with Gasteiger partial charge in [0.25, 0.3) is 0 Å². The van der Waals surface area contributed by atoms with Crippen LogP contribution in [0.1, 0.15) is 10.5 Å². The molecule has 0 spiro atoms. The molecule has 17 heavy (non-hydrogen) atoms. The second kappa shape index (κ2) is 4.84. The van der Waals surface area contributed by atoms with Crippen molar-refractivity contribution in [2.45, 2.75) is 0 Å². The lowest BCUT2D eigenvalue weighted by Gasteiger charge is -2.07. The molecule has 0 atom stereocenters. The first-order chi connectivity index (χ1) is 8.20. The Kier molecular flexibility index (Phi) is 3.24. The first kappa shape index (κ1) is 11.4. The van der Waals surface area contributed by atoms with E-state index in [0.29, 0.717) is 16.5 Å². The largest absolute Gasteiger partial charge is 0.493 e. The fourth-order valence-corrected chi connectivity index (χ4v) is 1.74. The summed E-state index contributed by atoms with van der Waals surface area (Å²) in [6, 6.07) is 8.37. The van der Waals surface area contributed by atoms with Crippen LogP contribution in [0.25, 0.3) is 0 Å². The van der Waals surface area contributed by atoms with Crippen LogP contribution in [0.15, 0.2) is 30.3 Å². The predicted octanol–water partition coefficient (Wildman–Crippen LogP) is 1.95. The van der Waals surface area contributed by atoms with Gasteiger partial charge in [-0.2, -0.15) is 4.37 Å². The molecule has 0 saturated heterocycles. The zero-order chi connectivity index (χ0) is 12.3. The number of ether oxygens (including phenoxy) is 2. The number of hydrogen-bond acceptors (Lipinski definition) is 6. The lowest BCUT2D eigenvalue weighted by atomic mass is 10.3. The number of nitrogens with two attached hydrogens (primary N) is 1. The molecule has 2 aromatic rings. The van der Waals surface area contributed by atoms with Crippen LogP contribution in [0.2, 0.25) is 0 Å². The maximum Gasteiger partial charge on any atom is 0.363 e. The first-order valence-electron chi connectivity index (χ1n) is 4.78. The lowest BCUT2D eigenvalue weighted by Crippen LogP contribution is -2.09. The zero-order valence-electron chi connectivity index (χ0n) is 9.04. The lowest BCUT2D eigenvalue weighted by molar-refractivity contribution is 0.0725. The number of methoxy groups -OCH3 is 1. The van der Waals surface area contributed by atoms with Crippen LogP contribution >= 0.6 is 11.5 Å². The van der Waals surface area contributed by atoms with Gasteiger partial charge in [-0.05, 0) is 23.7 Å². The quantitative estimate of drug-likeness (QED) is 0.665. The molecule has 0 aliphatic carbocycles. The van der Waals surface area contributed by atoms with Gasteiger partial charge in [0.05, 0.1) is 7.11 Å². The number of rotatable bonds is 3. The third-order valence-electron chi connectivity index (χ3n) is 2.01. The van der Waals surface area contributed by atoms with Crippen molar-refractivity contribution >= 4 is 22.5 Å². The average molecular weight is 250 g/mol. The van der Waals surface area contributed by atoms with Crippen molar-refractivity contribution in [1.29, 1.82) is 0 Å². The van der Waals surface area contributed by atoms with Crippen LogP contribution in [0, 0.1) is 0 Å². The Morgan fingerprint density at radius 3 is 2.65 bits per heavy atom. The van der Waals surface area contributed by atoms with E-state index < -0.39 is 5.97 Å². The van der Waals surface area contributed by atoms with E-state index in [1.54, 1.807) is 24.3 Å². The predicted molar refractivity (Wildman–Crippen MR) is 64.5 cm³/mol. The van der Waals surface area contributed by atoms with E-state index in [2.05, 4.69) is 4.37 Å². The molecule has 88 valence electrons. The number of carbonyl (C=O) groups is 1. The normalized spacial score (nSPS) is 9.94. The van der Waals surface area contributed by atoms with Crippen molar-refractivity contribution in [2.24, 2.45) is 0 Å². The molecule has 0 aliphatic rings. The number of nitrogen functional groups attached to an aromatic ring is 1. The van der Waals surface area contributed by atoms with Crippen LogP contribution in [0.4, 0.5) is 5.00 Å². The summed E-state index contributed by atoms with van der Waals surface area (Å²) >= 11 is 1.05. The van der Waals surface area contributed by atoms with E-state index in [1.165, 1.54) is 13.2 Å². The fourth-order valence-electron chi connectivity index (χ4n) is 1.24. The molecule has 1 heterocycles. The molecule has 2 N–H and O–H groups in total. The average Bonchev–Trinajstić information content (AvgIpc) is 2.77. The number of esters is 1. The Morgan fingerprint density at radius 2 is 2.06 bits per heavy atom. The van der Waals surface area contributed by atoms with Crippen molar-refractivity contribution in [1.82, 2.24) is 4.37 Å². The van der Waals surface area contributed by atoms with Crippen molar-refractivity contribution < 1.29 is 14.3 Å². The molecule has 0 bridgehead atoms. The highest BCUT2D eigenvalue weighted by Crippen LogP contribution is 2.26. The van der Waals surface area contributed by atoms with Gasteiger partial charge in [-0.25, -0.2) is 4.79 Å². The molecule has 0 fully saturated rings. The Morgan fingerprint density at radius 1 is 1.35 bits per heavy atom. The van der Waals surface area contributed by atoms with E-state index in [4.69, 9.17) is 15.2 Å². The van der Waals surface area contributed by atoms with Crippen molar-refractivity contribution in [2.75, 3.05) is 12.8 Å². The smallest absolute Gasteiger partial charge is 0.363 e. The van der Waals surface area contributed by atoms with Crippen molar-refractivity contribution in [3.63, 3.8) is 0 Å². The molecule has 0 saturated carbocycles. The minimum absolute atomic E-state index is 0.193. The summed E-state index contributed by atoms with van der Waals surface area (Å²) in [5, 5.41) is 0.469. The van der Waals surface area contributed by atoms with E-state index in [-0.39, 0.29) is 5.69 Å². The Labute approximate surface area is 102 Å². The number of benzene rings is 1. The second-order valence-electron chi connectivity index (χ2n) is 3.15. The number of aromatic nitrogens is 1. The highest BCUT2D eigenvalue weighted by molar-refractivity contribution is 7.10. The van der Waals surface area contributed by atoms with E-state index in [1.807, 2.05) is 0 Å². The monoisotopic (exact) mass is 250 g/mol. The SMILES string of the molecule is COc1ccccc1OC(=O)c1cc(N)sn1.